The first-order valence-corrected chi connectivity index (χ1v) is 7.13. The Balaban J connectivity index is 1.75. The van der Waals surface area contributed by atoms with Crippen molar-refractivity contribution in [2.75, 3.05) is 19.6 Å². The number of likely N-dealkylation sites (tertiary alicyclic amines) is 1. The van der Waals surface area contributed by atoms with Crippen LogP contribution < -0.4 is 5.32 Å². The molecule has 3 rings (SSSR count). The summed E-state index contributed by atoms with van der Waals surface area (Å²) in [6.45, 7) is 9.13. The van der Waals surface area contributed by atoms with Crippen molar-refractivity contribution in [3.8, 4) is 0 Å². The van der Waals surface area contributed by atoms with Crippen LogP contribution in [-0.2, 0) is 13.6 Å². The van der Waals surface area contributed by atoms with Crippen LogP contribution in [0.5, 0.6) is 0 Å². The Kier molecular flexibility index (Phi) is 3.16. The van der Waals surface area contributed by atoms with Gasteiger partial charge < -0.3 is 5.32 Å². The first-order valence-electron chi connectivity index (χ1n) is 7.13. The number of nitrogens with one attached hydrogen (secondary N) is 1. The standard InChI is InChI=1S/C14H24N4/c1-4-14-13-7-15-6-11(13)8-18(14)9-12-5-10(2)16-17(12)3/h5,11,13-15H,4,6-9H2,1-3H3. The van der Waals surface area contributed by atoms with Crippen molar-refractivity contribution in [3.05, 3.63) is 17.5 Å². The van der Waals surface area contributed by atoms with Crippen molar-refractivity contribution in [2.24, 2.45) is 18.9 Å². The first kappa shape index (κ1) is 12.2. The molecule has 0 saturated carbocycles. The molecule has 2 aliphatic heterocycles. The first-order chi connectivity index (χ1) is 8.69. The maximum atomic E-state index is 4.45. The van der Waals surface area contributed by atoms with E-state index < -0.39 is 0 Å². The van der Waals surface area contributed by atoms with Gasteiger partial charge in [-0.25, -0.2) is 0 Å². The van der Waals surface area contributed by atoms with E-state index in [1.807, 2.05) is 4.68 Å². The molecular weight excluding hydrogens is 224 g/mol. The fourth-order valence-corrected chi connectivity index (χ4v) is 3.87. The Morgan fingerprint density at radius 3 is 2.94 bits per heavy atom. The van der Waals surface area contributed by atoms with E-state index in [0.717, 1.165) is 30.1 Å². The summed E-state index contributed by atoms with van der Waals surface area (Å²) >= 11 is 0. The van der Waals surface area contributed by atoms with Crippen molar-refractivity contribution in [1.82, 2.24) is 20.0 Å². The van der Waals surface area contributed by atoms with Crippen LogP contribution in [0.1, 0.15) is 24.7 Å². The van der Waals surface area contributed by atoms with Gasteiger partial charge in [0.15, 0.2) is 0 Å². The molecule has 0 aliphatic carbocycles. The lowest BCUT2D eigenvalue weighted by Crippen LogP contribution is -2.35. The third kappa shape index (κ3) is 1.97. The summed E-state index contributed by atoms with van der Waals surface area (Å²) in [5.41, 5.74) is 2.47. The van der Waals surface area contributed by atoms with E-state index in [1.54, 1.807) is 0 Å². The van der Waals surface area contributed by atoms with E-state index in [1.165, 1.54) is 31.7 Å². The van der Waals surface area contributed by atoms with Gasteiger partial charge in [0, 0.05) is 26.2 Å². The number of rotatable bonds is 3. The number of nitrogens with zero attached hydrogens (tertiary/aromatic N) is 3. The van der Waals surface area contributed by atoms with Crippen molar-refractivity contribution < 1.29 is 0 Å². The molecule has 18 heavy (non-hydrogen) atoms. The Hall–Kier alpha value is -0.870. The highest BCUT2D eigenvalue weighted by molar-refractivity contribution is 5.10. The van der Waals surface area contributed by atoms with Crippen LogP contribution in [-0.4, -0.2) is 40.4 Å². The number of hydrogen-bond donors (Lipinski definition) is 1. The summed E-state index contributed by atoms with van der Waals surface area (Å²) in [4.78, 5) is 2.67. The number of aryl methyl sites for hydroxylation is 2. The average Bonchev–Trinajstić information content (AvgIpc) is 2.94. The number of hydrogen-bond acceptors (Lipinski definition) is 3. The van der Waals surface area contributed by atoms with E-state index >= 15 is 0 Å². The molecule has 4 heteroatoms. The molecule has 0 radical (unpaired) electrons. The molecule has 0 aromatic carbocycles. The lowest BCUT2D eigenvalue weighted by molar-refractivity contribution is 0.205. The third-order valence-corrected chi connectivity index (χ3v) is 4.71. The van der Waals surface area contributed by atoms with Gasteiger partial charge in [0.1, 0.15) is 0 Å². The van der Waals surface area contributed by atoms with E-state index in [-0.39, 0.29) is 0 Å². The summed E-state index contributed by atoms with van der Waals surface area (Å²) in [5.74, 6) is 1.73. The van der Waals surface area contributed by atoms with Crippen LogP contribution in [0, 0.1) is 18.8 Å². The van der Waals surface area contributed by atoms with Gasteiger partial charge in [-0.1, -0.05) is 6.92 Å². The molecule has 0 amide bonds. The Bertz CT molecular complexity index is 425. The minimum Gasteiger partial charge on any atom is -0.316 e. The molecule has 3 atom stereocenters. The maximum Gasteiger partial charge on any atom is 0.0597 e. The van der Waals surface area contributed by atoms with Gasteiger partial charge in [-0.2, -0.15) is 5.10 Å². The molecule has 1 aromatic rings. The minimum atomic E-state index is 0.750. The van der Waals surface area contributed by atoms with Crippen molar-refractivity contribution in [2.45, 2.75) is 32.9 Å². The molecular formula is C14H24N4. The van der Waals surface area contributed by atoms with E-state index in [2.05, 4.69) is 42.3 Å². The fourth-order valence-electron chi connectivity index (χ4n) is 3.87. The Morgan fingerprint density at radius 1 is 1.44 bits per heavy atom. The summed E-state index contributed by atoms with van der Waals surface area (Å²) in [5, 5.41) is 8.00. The van der Waals surface area contributed by atoms with E-state index in [9.17, 15) is 0 Å². The molecule has 1 aromatic heterocycles. The second-order valence-corrected chi connectivity index (χ2v) is 5.89. The summed E-state index contributed by atoms with van der Waals surface area (Å²) in [7, 11) is 2.06. The zero-order valence-corrected chi connectivity index (χ0v) is 11.7. The second kappa shape index (κ2) is 4.67. The third-order valence-electron chi connectivity index (χ3n) is 4.71. The zero-order valence-electron chi connectivity index (χ0n) is 11.7. The lowest BCUT2D eigenvalue weighted by atomic mass is 9.93. The highest BCUT2D eigenvalue weighted by Gasteiger charge is 2.43. The molecule has 1 N–H and O–H groups in total. The fraction of sp³-hybridized carbons (Fsp3) is 0.786. The molecule has 4 nitrogen and oxygen atoms in total. The van der Waals surface area contributed by atoms with Crippen LogP contribution in [0.2, 0.25) is 0 Å². The number of fused-ring (bicyclic) bond motifs is 1. The predicted molar refractivity (Wildman–Crippen MR) is 72.3 cm³/mol. The molecule has 2 saturated heterocycles. The predicted octanol–water partition coefficient (Wildman–Crippen LogP) is 1.16. The summed E-state index contributed by atoms with van der Waals surface area (Å²) in [6, 6.07) is 2.97. The van der Waals surface area contributed by atoms with Crippen molar-refractivity contribution in [3.63, 3.8) is 0 Å². The highest BCUT2D eigenvalue weighted by atomic mass is 15.3. The van der Waals surface area contributed by atoms with Gasteiger partial charge in [-0.05, 0) is 44.3 Å². The van der Waals surface area contributed by atoms with Crippen molar-refractivity contribution >= 4 is 0 Å². The van der Waals surface area contributed by atoms with Crippen LogP contribution in [0.25, 0.3) is 0 Å². The molecule has 100 valence electrons. The van der Waals surface area contributed by atoms with Gasteiger partial charge >= 0.3 is 0 Å². The van der Waals surface area contributed by atoms with Crippen LogP contribution >= 0.6 is 0 Å². The summed E-state index contributed by atoms with van der Waals surface area (Å²) in [6.07, 6.45) is 1.26. The van der Waals surface area contributed by atoms with Gasteiger partial charge in [0.25, 0.3) is 0 Å². The molecule has 0 spiro atoms. The average molecular weight is 248 g/mol. The van der Waals surface area contributed by atoms with Crippen molar-refractivity contribution in [1.29, 1.82) is 0 Å². The SMILES string of the molecule is CCC1C2CNCC2CN1Cc1cc(C)nn1C. The normalized spacial score (nSPS) is 32.1. The topological polar surface area (TPSA) is 33.1 Å². The maximum absolute atomic E-state index is 4.45. The largest absolute Gasteiger partial charge is 0.316 e. The van der Waals surface area contributed by atoms with E-state index in [4.69, 9.17) is 0 Å². The van der Waals surface area contributed by atoms with Gasteiger partial charge in [0.2, 0.25) is 0 Å². The smallest absolute Gasteiger partial charge is 0.0597 e. The Labute approximate surface area is 109 Å². The number of aromatic nitrogens is 2. The molecule has 0 bridgehead atoms. The lowest BCUT2D eigenvalue weighted by Gasteiger charge is -2.26. The molecule has 3 heterocycles. The molecule has 3 unspecified atom stereocenters. The van der Waals surface area contributed by atoms with Crippen LogP contribution in [0.4, 0.5) is 0 Å². The zero-order chi connectivity index (χ0) is 12.7. The van der Waals surface area contributed by atoms with Gasteiger partial charge in [0.05, 0.1) is 11.4 Å². The van der Waals surface area contributed by atoms with Crippen LogP contribution in [0.15, 0.2) is 6.07 Å². The minimum absolute atomic E-state index is 0.750. The molecule has 2 fully saturated rings. The van der Waals surface area contributed by atoms with Crippen LogP contribution in [0.3, 0.4) is 0 Å². The highest BCUT2D eigenvalue weighted by Crippen LogP contribution is 2.35. The Morgan fingerprint density at radius 2 is 2.28 bits per heavy atom. The molecule has 2 aliphatic rings. The monoisotopic (exact) mass is 248 g/mol. The van der Waals surface area contributed by atoms with Gasteiger partial charge in [-0.15, -0.1) is 0 Å². The second-order valence-electron chi connectivity index (χ2n) is 5.89. The quantitative estimate of drug-likeness (QED) is 0.871. The van der Waals surface area contributed by atoms with E-state index in [0.29, 0.717) is 0 Å². The summed E-state index contributed by atoms with van der Waals surface area (Å²) < 4.78 is 2.04. The van der Waals surface area contributed by atoms with Gasteiger partial charge in [-0.3, -0.25) is 9.58 Å².